The maximum atomic E-state index is 5.82. The van der Waals surface area contributed by atoms with Crippen LogP contribution in [0.4, 0.5) is 0 Å². The molecular weight excluding hydrogens is 312 g/mol. The standard InChI is InChI=1S/C18H28N2O2.ClH/c1-19-11-16-8-9-20(13-16)12-15-4-6-17(7-5-15)22-14-18-3-2-10-21-18;/h4-7,16,18-19H,2-3,8-14H2,1H3;1H. The lowest BCUT2D eigenvalue weighted by atomic mass is 10.1. The minimum Gasteiger partial charge on any atom is -0.491 e. The second-order valence-electron chi connectivity index (χ2n) is 6.54. The second kappa shape index (κ2) is 9.48. The zero-order valence-electron chi connectivity index (χ0n) is 14.0. The lowest BCUT2D eigenvalue weighted by molar-refractivity contribution is 0.0679. The van der Waals surface area contributed by atoms with Crippen LogP contribution in [0.3, 0.4) is 0 Å². The van der Waals surface area contributed by atoms with Crippen LogP contribution in [0.2, 0.25) is 0 Å². The molecule has 2 saturated heterocycles. The Bertz CT molecular complexity index is 449. The molecule has 0 aromatic heterocycles. The summed E-state index contributed by atoms with van der Waals surface area (Å²) < 4.78 is 11.4. The largest absolute Gasteiger partial charge is 0.491 e. The van der Waals surface area contributed by atoms with Crippen molar-refractivity contribution in [1.29, 1.82) is 0 Å². The van der Waals surface area contributed by atoms with E-state index in [1.54, 1.807) is 0 Å². The fourth-order valence-electron chi connectivity index (χ4n) is 3.43. The highest BCUT2D eigenvalue weighted by Crippen LogP contribution is 2.20. The zero-order chi connectivity index (χ0) is 15.2. The van der Waals surface area contributed by atoms with E-state index >= 15 is 0 Å². The smallest absolute Gasteiger partial charge is 0.119 e. The van der Waals surface area contributed by atoms with Gasteiger partial charge in [-0.1, -0.05) is 12.1 Å². The number of benzene rings is 1. The van der Waals surface area contributed by atoms with Crippen LogP contribution >= 0.6 is 12.4 Å². The van der Waals surface area contributed by atoms with Crippen LogP contribution in [0.1, 0.15) is 24.8 Å². The Hall–Kier alpha value is -0.810. The number of ether oxygens (including phenoxy) is 2. The summed E-state index contributed by atoms with van der Waals surface area (Å²) in [5, 5.41) is 3.29. The third kappa shape index (κ3) is 5.64. The molecule has 2 aliphatic heterocycles. The van der Waals surface area contributed by atoms with Crippen molar-refractivity contribution in [3.8, 4) is 5.75 Å². The summed E-state index contributed by atoms with van der Waals surface area (Å²) in [4.78, 5) is 2.55. The summed E-state index contributed by atoms with van der Waals surface area (Å²) in [5.74, 6) is 1.76. The third-order valence-electron chi connectivity index (χ3n) is 4.65. The molecule has 1 aromatic carbocycles. The molecular formula is C18H29ClN2O2. The quantitative estimate of drug-likeness (QED) is 0.827. The second-order valence-corrected chi connectivity index (χ2v) is 6.54. The summed E-state index contributed by atoms with van der Waals surface area (Å²) >= 11 is 0. The summed E-state index contributed by atoms with van der Waals surface area (Å²) in [6.07, 6.45) is 3.88. The maximum absolute atomic E-state index is 5.82. The monoisotopic (exact) mass is 340 g/mol. The van der Waals surface area contributed by atoms with Gasteiger partial charge in [-0.25, -0.2) is 0 Å². The molecule has 0 amide bonds. The Labute approximate surface area is 145 Å². The van der Waals surface area contributed by atoms with E-state index < -0.39 is 0 Å². The summed E-state index contributed by atoms with van der Waals surface area (Å²) in [5.41, 5.74) is 1.37. The maximum Gasteiger partial charge on any atom is 0.119 e. The van der Waals surface area contributed by atoms with Gasteiger partial charge in [0, 0.05) is 19.7 Å². The van der Waals surface area contributed by atoms with Crippen LogP contribution in [0.25, 0.3) is 0 Å². The molecule has 1 N–H and O–H groups in total. The van der Waals surface area contributed by atoms with Gasteiger partial charge in [0.15, 0.2) is 0 Å². The molecule has 3 rings (SSSR count). The van der Waals surface area contributed by atoms with Crippen molar-refractivity contribution in [2.45, 2.75) is 31.9 Å². The minimum absolute atomic E-state index is 0. The van der Waals surface area contributed by atoms with E-state index in [9.17, 15) is 0 Å². The highest BCUT2D eigenvalue weighted by molar-refractivity contribution is 5.85. The molecule has 0 radical (unpaired) electrons. The Morgan fingerprint density at radius 2 is 2.09 bits per heavy atom. The molecule has 0 aliphatic carbocycles. The third-order valence-corrected chi connectivity index (χ3v) is 4.65. The van der Waals surface area contributed by atoms with E-state index in [0.29, 0.717) is 6.61 Å². The van der Waals surface area contributed by atoms with Gasteiger partial charge in [-0.15, -0.1) is 12.4 Å². The molecule has 23 heavy (non-hydrogen) atoms. The summed E-state index contributed by atoms with van der Waals surface area (Å²) in [6, 6.07) is 8.56. The predicted molar refractivity (Wildman–Crippen MR) is 95.5 cm³/mol. The van der Waals surface area contributed by atoms with Crippen molar-refractivity contribution in [2.75, 3.05) is 39.9 Å². The van der Waals surface area contributed by atoms with E-state index in [0.717, 1.165) is 44.2 Å². The highest BCUT2D eigenvalue weighted by atomic mass is 35.5. The SMILES string of the molecule is CNCC1CCN(Cc2ccc(OCC3CCCO3)cc2)C1.Cl. The van der Waals surface area contributed by atoms with Crippen LogP contribution < -0.4 is 10.1 Å². The van der Waals surface area contributed by atoms with Gasteiger partial charge < -0.3 is 14.8 Å². The van der Waals surface area contributed by atoms with Crippen LogP contribution in [-0.4, -0.2) is 50.9 Å². The Balaban J connectivity index is 0.00000192. The number of hydrogen-bond acceptors (Lipinski definition) is 4. The van der Waals surface area contributed by atoms with E-state index in [-0.39, 0.29) is 18.5 Å². The molecule has 2 atom stereocenters. The zero-order valence-corrected chi connectivity index (χ0v) is 14.8. The van der Waals surface area contributed by atoms with E-state index in [2.05, 4.69) is 34.5 Å². The fourth-order valence-corrected chi connectivity index (χ4v) is 3.43. The predicted octanol–water partition coefficient (Wildman–Crippen LogP) is 2.71. The molecule has 2 fully saturated rings. The number of likely N-dealkylation sites (tertiary alicyclic amines) is 1. The molecule has 1 aromatic rings. The lowest BCUT2D eigenvalue weighted by Gasteiger charge is -2.16. The molecule has 0 bridgehead atoms. The molecule has 2 heterocycles. The molecule has 130 valence electrons. The van der Waals surface area contributed by atoms with Crippen LogP contribution in [-0.2, 0) is 11.3 Å². The Morgan fingerprint density at radius 1 is 1.26 bits per heavy atom. The van der Waals surface area contributed by atoms with E-state index in [4.69, 9.17) is 9.47 Å². The normalized spacial score (nSPS) is 24.6. The number of rotatable bonds is 7. The average Bonchev–Trinajstić information content (AvgIpc) is 3.19. The summed E-state index contributed by atoms with van der Waals surface area (Å²) in [6.45, 7) is 6.16. The van der Waals surface area contributed by atoms with Gasteiger partial charge in [0.2, 0.25) is 0 Å². The molecule has 0 saturated carbocycles. The number of nitrogens with zero attached hydrogens (tertiary/aromatic N) is 1. The van der Waals surface area contributed by atoms with Gasteiger partial charge in [-0.3, -0.25) is 4.90 Å². The van der Waals surface area contributed by atoms with Crippen molar-refractivity contribution in [3.63, 3.8) is 0 Å². The number of nitrogens with one attached hydrogen (secondary N) is 1. The van der Waals surface area contributed by atoms with Gasteiger partial charge in [0.1, 0.15) is 12.4 Å². The lowest BCUT2D eigenvalue weighted by Crippen LogP contribution is -2.24. The van der Waals surface area contributed by atoms with Crippen molar-refractivity contribution >= 4 is 12.4 Å². The highest BCUT2D eigenvalue weighted by Gasteiger charge is 2.21. The van der Waals surface area contributed by atoms with Crippen LogP contribution in [0.5, 0.6) is 5.75 Å². The van der Waals surface area contributed by atoms with Gasteiger partial charge in [0.05, 0.1) is 6.10 Å². The van der Waals surface area contributed by atoms with Gasteiger partial charge in [-0.05, 0) is 63.0 Å². The average molecular weight is 341 g/mol. The first-order chi connectivity index (χ1) is 10.8. The molecule has 2 unspecified atom stereocenters. The number of hydrogen-bond donors (Lipinski definition) is 1. The summed E-state index contributed by atoms with van der Waals surface area (Å²) in [7, 11) is 2.04. The van der Waals surface area contributed by atoms with Crippen LogP contribution in [0, 0.1) is 5.92 Å². The Kier molecular flexibility index (Phi) is 7.63. The molecule has 5 heteroatoms. The van der Waals surface area contributed by atoms with Gasteiger partial charge in [-0.2, -0.15) is 0 Å². The topological polar surface area (TPSA) is 33.7 Å². The fraction of sp³-hybridized carbons (Fsp3) is 0.667. The molecule has 0 spiro atoms. The van der Waals surface area contributed by atoms with Crippen molar-refractivity contribution in [2.24, 2.45) is 5.92 Å². The van der Waals surface area contributed by atoms with Crippen LogP contribution in [0.15, 0.2) is 24.3 Å². The van der Waals surface area contributed by atoms with Crippen molar-refractivity contribution in [3.05, 3.63) is 29.8 Å². The number of halogens is 1. The van der Waals surface area contributed by atoms with E-state index in [1.807, 2.05) is 7.05 Å². The van der Waals surface area contributed by atoms with Crippen molar-refractivity contribution in [1.82, 2.24) is 10.2 Å². The first kappa shape index (κ1) is 18.5. The first-order valence-corrected chi connectivity index (χ1v) is 8.54. The van der Waals surface area contributed by atoms with Crippen molar-refractivity contribution < 1.29 is 9.47 Å². The van der Waals surface area contributed by atoms with Gasteiger partial charge in [0.25, 0.3) is 0 Å². The molecule has 2 aliphatic rings. The minimum atomic E-state index is 0. The first-order valence-electron chi connectivity index (χ1n) is 8.54. The molecule has 4 nitrogen and oxygen atoms in total. The van der Waals surface area contributed by atoms with E-state index in [1.165, 1.54) is 25.1 Å². The van der Waals surface area contributed by atoms with Gasteiger partial charge >= 0.3 is 0 Å². The Morgan fingerprint density at radius 3 is 2.78 bits per heavy atom.